The monoisotopic (exact) mass is 624 g/mol. The molecular formula is C32H32F4N6O3. The fourth-order valence-corrected chi connectivity index (χ4v) is 8.63. The van der Waals surface area contributed by atoms with Gasteiger partial charge in [-0.05, 0) is 55.2 Å². The van der Waals surface area contributed by atoms with Gasteiger partial charge >= 0.3 is 6.01 Å². The van der Waals surface area contributed by atoms with E-state index in [1.165, 1.54) is 12.1 Å². The van der Waals surface area contributed by atoms with E-state index < -0.39 is 35.3 Å². The van der Waals surface area contributed by atoms with Gasteiger partial charge in [0.25, 0.3) is 0 Å². The van der Waals surface area contributed by atoms with Gasteiger partial charge in [-0.25, -0.2) is 22.5 Å². The standard InChI is InChI=1S/C32H32F4N6O3/c33-16-10-32(6-1-7-41(32)11-16)14-45-31-39-28-24-29(40-31)42-12-17-3-5-21(37-17)22(42)13-44-30(24)38-27(26(28)36)19-9-18(43)8-15-2-4-20(34)25(35)23(15)19/h2,4,8,16-18,21-22,37,43H,1,3,5-7,9-14H2/t16-,17-,18?,21+,22+,32+/m0/s1. The van der Waals surface area contributed by atoms with Gasteiger partial charge in [0.15, 0.2) is 17.5 Å². The maximum Gasteiger partial charge on any atom is 0.319 e. The van der Waals surface area contributed by atoms with Crippen LogP contribution in [0.1, 0.15) is 44.2 Å². The Morgan fingerprint density at radius 2 is 2.00 bits per heavy atom. The van der Waals surface area contributed by atoms with Crippen molar-refractivity contribution in [2.75, 3.05) is 37.7 Å². The van der Waals surface area contributed by atoms with E-state index in [1.807, 2.05) is 0 Å². The van der Waals surface area contributed by atoms with Crippen molar-refractivity contribution < 1.29 is 32.1 Å². The molecule has 3 aromatic rings. The van der Waals surface area contributed by atoms with Crippen molar-refractivity contribution in [3.05, 3.63) is 45.7 Å². The number of alkyl halides is 1. The van der Waals surface area contributed by atoms with Gasteiger partial charge in [0.05, 0.1) is 17.7 Å². The number of ether oxygens (including phenoxy) is 2. The van der Waals surface area contributed by atoms with E-state index in [0.717, 1.165) is 38.3 Å². The second kappa shape index (κ2) is 9.97. The molecular weight excluding hydrogens is 592 g/mol. The normalized spacial score (nSPS) is 31.7. The van der Waals surface area contributed by atoms with Gasteiger partial charge in [-0.3, -0.25) is 4.90 Å². The molecule has 9 rings (SSSR count). The molecule has 5 aliphatic heterocycles. The van der Waals surface area contributed by atoms with E-state index in [0.29, 0.717) is 25.3 Å². The third-order valence-corrected chi connectivity index (χ3v) is 10.7. The summed E-state index contributed by atoms with van der Waals surface area (Å²) in [6.07, 6.45) is 3.26. The fraction of sp³-hybridized carbons (Fsp3) is 0.531. The number of anilines is 1. The number of rotatable bonds is 4. The summed E-state index contributed by atoms with van der Waals surface area (Å²) in [5.41, 5.74) is -0.842. The minimum absolute atomic E-state index is 0.0157. The minimum Gasteiger partial charge on any atom is -0.475 e. The van der Waals surface area contributed by atoms with E-state index in [9.17, 15) is 13.9 Å². The van der Waals surface area contributed by atoms with E-state index in [4.69, 9.17) is 14.5 Å². The van der Waals surface area contributed by atoms with Gasteiger partial charge in [-0.1, -0.05) is 6.07 Å². The van der Waals surface area contributed by atoms with Crippen molar-refractivity contribution in [1.82, 2.24) is 25.2 Å². The minimum atomic E-state index is -1.14. The molecule has 0 saturated carbocycles. The highest BCUT2D eigenvalue weighted by Crippen LogP contribution is 2.44. The van der Waals surface area contributed by atoms with Crippen LogP contribution in [0.5, 0.6) is 11.9 Å². The number of aliphatic hydroxyl groups excluding tert-OH is 1. The third kappa shape index (κ3) is 4.19. The number of nitrogens with zero attached hydrogens (tertiary/aromatic N) is 5. The Morgan fingerprint density at radius 1 is 1.11 bits per heavy atom. The summed E-state index contributed by atoms with van der Waals surface area (Å²) in [6.45, 7) is 2.19. The van der Waals surface area contributed by atoms with Gasteiger partial charge in [0, 0.05) is 43.2 Å². The highest BCUT2D eigenvalue weighted by atomic mass is 19.2. The molecule has 6 atom stereocenters. The zero-order chi connectivity index (χ0) is 30.6. The Balaban J connectivity index is 1.24. The molecule has 0 spiro atoms. The van der Waals surface area contributed by atoms with Gasteiger partial charge in [0.1, 0.15) is 41.8 Å². The van der Waals surface area contributed by atoms with E-state index in [1.54, 1.807) is 0 Å². The van der Waals surface area contributed by atoms with Crippen LogP contribution in [0.15, 0.2) is 12.1 Å². The lowest BCUT2D eigenvalue weighted by molar-refractivity contribution is 0.107. The Morgan fingerprint density at radius 3 is 2.89 bits per heavy atom. The molecule has 6 aliphatic rings. The zero-order valence-electron chi connectivity index (χ0n) is 24.4. The van der Waals surface area contributed by atoms with Gasteiger partial charge in [0.2, 0.25) is 5.88 Å². The van der Waals surface area contributed by atoms with Crippen molar-refractivity contribution in [3.63, 3.8) is 0 Å². The molecule has 7 heterocycles. The molecule has 4 saturated heterocycles. The molecule has 13 heteroatoms. The van der Waals surface area contributed by atoms with Crippen LogP contribution in [-0.2, 0) is 0 Å². The first-order valence-electron chi connectivity index (χ1n) is 15.7. The molecule has 0 amide bonds. The molecule has 45 heavy (non-hydrogen) atoms. The summed E-state index contributed by atoms with van der Waals surface area (Å²) in [4.78, 5) is 18.2. The number of aliphatic hydroxyl groups is 1. The fourth-order valence-electron chi connectivity index (χ4n) is 8.63. The molecule has 9 nitrogen and oxygen atoms in total. The van der Waals surface area contributed by atoms with Crippen molar-refractivity contribution >= 4 is 28.4 Å². The molecule has 236 valence electrons. The number of fused-ring (bicyclic) bond motifs is 7. The molecule has 1 aromatic carbocycles. The van der Waals surface area contributed by atoms with Crippen LogP contribution in [-0.4, -0.2) is 93.7 Å². The van der Waals surface area contributed by atoms with Crippen molar-refractivity contribution in [3.8, 4) is 11.9 Å². The Hall–Kier alpha value is -3.55. The van der Waals surface area contributed by atoms with Crippen LogP contribution in [0.4, 0.5) is 23.4 Å². The number of aromatic nitrogens is 3. The number of hydrogen-bond acceptors (Lipinski definition) is 9. The van der Waals surface area contributed by atoms with Crippen molar-refractivity contribution in [2.45, 2.75) is 74.5 Å². The number of benzene rings is 1. The molecule has 1 unspecified atom stereocenters. The van der Waals surface area contributed by atoms with E-state index in [-0.39, 0.29) is 82.3 Å². The van der Waals surface area contributed by atoms with Crippen LogP contribution in [0.3, 0.4) is 0 Å². The average molecular weight is 625 g/mol. The maximum atomic E-state index is 16.9. The second-order valence-corrected chi connectivity index (χ2v) is 13.3. The summed E-state index contributed by atoms with van der Waals surface area (Å²) in [5, 5.41) is 14.6. The molecule has 2 bridgehead atoms. The summed E-state index contributed by atoms with van der Waals surface area (Å²) in [5.74, 6) is -2.58. The SMILES string of the molecule is OC1C=c2ccc(F)c(F)c2=C(c2nc3c4c(nc(OC[C@]56CCCN5C[C@@H](F)C6)nc4c2F)N2C[C@@H]4CC[C@@H](N4)[C@H]2CO3)C1. The summed E-state index contributed by atoms with van der Waals surface area (Å²) in [6, 6.07) is 2.52. The number of nitrogens with one attached hydrogen (secondary N) is 1. The Labute approximate surface area is 255 Å². The topological polar surface area (TPSA) is 95.9 Å². The second-order valence-electron chi connectivity index (χ2n) is 13.3. The first-order chi connectivity index (χ1) is 21.8. The average Bonchev–Trinajstić information content (AvgIpc) is 3.65. The summed E-state index contributed by atoms with van der Waals surface area (Å²) < 4.78 is 73.6. The lowest BCUT2D eigenvalue weighted by Crippen LogP contribution is -2.60. The highest BCUT2D eigenvalue weighted by molar-refractivity contribution is 5.96. The Kier molecular flexibility index (Phi) is 6.15. The summed E-state index contributed by atoms with van der Waals surface area (Å²) in [7, 11) is 0. The van der Waals surface area contributed by atoms with Gasteiger partial charge in [-0.15, -0.1) is 0 Å². The number of piperazine rings is 1. The maximum absolute atomic E-state index is 16.9. The van der Waals surface area contributed by atoms with Crippen molar-refractivity contribution in [2.24, 2.45) is 0 Å². The van der Waals surface area contributed by atoms with Crippen LogP contribution in [0.2, 0.25) is 0 Å². The molecule has 1 aliphatic carbocycles. The molecule has 2 aromatic heterocycles. The van der Waals surface area contributed by atoms with Crippen LogP contribution < -0.4 is 30.1 Å². The van der Waals surface area contributed by atoms with E-state index >= 15 is 8.78 Å². The largest absolute Gasteiger partial charge is 0.475 e. The predicted octanol–water partition coefficient (Wildman–Crippen LogP) is 1.84. The number of pyridine rings is 1. The zero-order valence-corrected chi connectivity index (χ0v) is 24.4. The number of halogens is 4. The smallest absolute Gasteiger partial charge is 0.319 e. The molecule has 4 fully saturated rings. The highest BCUT2D eigenvalue weighted by Gasteiger charge is 2.50. The molecule has 2 N–H and O–H groups in total. The van der Waals surface area contributed by atoms with E-state index in [2.05, 4.69) is 25.1 Å². The predicted molar refractivity (Wildman–Crippen MR) is 156 cm³/mol. The number of hydrogen-bond donors (Lipinski definition) is 2. The van der Waals surface area contributed by atoms with Crippen molar-refractivity contribution in [1.29, 1.82) is 0 Å². The first-order valence-corrected chi connectivity index (χ1v) is 15.7. The lowest BCUT2D eigenvalue weighted by atomic mass is 9.94. The Bertz CT molecular complexity index is 1880. The molecule has 0 radical (unpaired) electrons. The summed E-state index contributed by atoms with van der Waals surface area (Å²) >= 11 is 0. The third-order valence-electron chi connectivity index (χ3n) is 10.7. The quantitative estimate of drug-likeness (QED) is 0.422. The lowest BCUT2D eigenvalue weighted by Gasteiger charge is -2.40. The van der Waals surface area contributed by atoms with Gasteiger partial charge in [-0.2, -0.15) is 9.97 Å². The van der Waals surface area contributed by atoms with Crippen LogP contribution in [0.25, 0.3) is 22.6 Å². The van der Waals surface area contributed by atoms with Crippen LogP contribution >= 0.6 is 0 Å². The van der Waals surface area contributed by atoms with Crippen LogP contribution in [0, 0.1) is 17.5 Å². The van der Waals surface area contributed by atoms with Gasteiger partial charge < -0.3 is 24.8 Å². The first kappa shape index (κ1) is 27.7.